The number of allylic oxidation sites excluding steroid dienone is 1. The minimum Gasteiger partial charge on any atom is -0.493 e. The van der Waals surface area contributed by atoms with Crippen molar-refractivity contribution in [3.63, 3.8) is 0 Å². The second kappa shape index (κ2) is 10.0. The fourth-order valence-electron chi connectivity index (χ4n) is 2.17. The predicted molar refractivity (Wildman–Crippen MR) is 86.1 cm³/mol. The van der Waals surface area contributed by atoms with Gasteiger partial charge in [0, 0.05) is 5.92 Å². The first-order valence-electron chi connectivity index (χ1n) is 7.61. The summed E-state index contributed by atoms with van der Waals surface area (Å²) in [5.41, 5.74) is 1.13. The molecular formula is C18H26O3. The molecule has 3 heteroatoms. The maximum Gasteiger partial charge on any atom is 0.161 e. The third-order valence-corrected chi connectivity index (χ3v) is 3.43. The van der Waals surface area contributed by atoms with Gasteiger partial charge in [0.2, 0.25) is 0 Å². The van der Waals surface area contributed by atoms with Crippen LogP contribution in [0.25, 0.3) is 0 Å². The van der Waals surface area contributed by atoms with Crippen LogP contribution in [0.4, 0.5) is 0 Å². The first-order chi connectivity index (χ1) is 10.2. The first-order valence-corrected chi connectivity index (χ1v) is 7.61. The van der Waals surface area contributed by atoms with Crippen molar-refractivity contribution in [1.29, 1.82) is 0 Å². The lowest BCUT2D eigenvalue weighted by molar-refractivity contribution is -0.112. The van der Waals surface area contributed by atoms with Gasteiger partial charge in [0.15, 0.2) is 11.5 Å². The maximum atomic E-state index is 11.1. The maximum absolute atomic E-state index is 11.1. The Labute approximate surface area is 128 Å². The normalized spacial score (nSPS) is 11.7. The lowest BCUT2D eigenvalue weighted by Gasteiger charge is -2.15. The number of aldehydes is 1. The Hall–Kier alpha value is -1.77. The highest BCUT2D eigenvalue weighted by molar-refractivity contribution is 5.53. The SMILES string of the molecule is C=CCc1ccc(OCC(C=O)CCCCC)c(OC)c1. The van der Waals surface area contributed by atoms with E-state index in [9.17, 15) is 4.79 Å². The average Bonchev–Trinajstić information content (AvgIpc) is 2.51. The van der Waals surface area contributed by atoms with Crippen LogP contribution in [-0.2, 0) is 11.2 Å². The smallest absolute Gasteiger partial charge is 0.161 e. The number of carbonyl (C=O) groups is 1. The van der Waals surface area contributed by atoms with Gasteiger partial charge in [-0.1, -0.05) is 38.3 Å². The fraction of sp³-hybridized carbons (Fsp3) is 0.500. The van der Waals surface area contributed by atoms with Crippen LogP contribution >= 0.6 is 0 Å². The Morgan fingerprint density at radius 1 is 1.29 bits per heavy atom. The van der Waals surface area contributed by atoms with Gasteiger partial charge in [-0.15, -0.1) is 6.58 Å². The molecule has 0 spiro atoms. The van der Waals surface area contributed by atoms with E-state index in [2.05, 4.69) is 13.5 Å². The Morgan fingerprint density at radius 3 is 2.71 bits per heavy atom. The van der Waals surface area contributed by atoms with Crippen molar-refractivity contribution in [3.8, 4) is 11.5 Å². The van der Waals surface area contributed by atoms with E-state index in [0.717, 1.165) is 44.0 Å². The number of hydrogen-bond donors (Lipinski definition) is 0. The summed E-state index contributed by atoms with van der Waals surface area (Å²) in [5, 5.41) is 0. The highest BCUT2D eigenvalue weighted by atomic mass is 16.5. The average molecular weight is 290 g/mol. The molecule has 0 aliphatic carbocycles. The van der Waals surface area contributed by atoms with Crippen LogP contribution in [0.1, 0.15) is 38.2 Å². The summed E-state index contributed by atoms with van der Waals surface area (Å²) >= 11 is 0. The topological polar surface area (TPSA) is 35.5 Å². The van der Waals surface area contributed by atoms with E-state index < -0.39 is 0 Å². The predicted octanol–water partition coefficient (Wildman–Crippen LogP) is 4.20. The van der Waals surface area contributed by atoms with Gasteiger partial charge in [-0.05, 0) is 30.5 Å². The molecule has 0 amide bonds. The molecule has 1 unspecified atom stereocenters. The van der Waals surface area contributed by atoms with Gasteiger partial charge in [-0.25, -0.2) is 0 Å². The number of methoxy groups -OCH3 is 1. The van der Waals surface area contributed by atoms with Gasteiger partial charge >= 0.3 is 0 Å². The van der Waals surface area contributed by atoms with E-state index >= 15 is 0 Å². The molecule has 21 heavy (non-hydrogen) atoms. The molecule has 0 saturated carbocycles. The van der Waals surface area contributed by atoms with Crippen LogP contribution < -0.4 is 9.47 Å². The number of unbranched alkanes of at least 4 members (excludes halogenated alkanes) is 2. The molecule has 1 atom stereocenters. The molecule has 3 nitrogen and oxygen atoms in total. The minimum atomic E-state index is -0.0471. The second-order valence-electron chi connectivity index (χ2n) is 5.18. The third kappa shape index (κ3) is 6.03. The quantitative estimate of drug-likeness (QED) is 0.348. The summed E-state index contributed by atoms with van der Waals surface area (Å²) in [6.07, 6.45) is 7.91. The Bertz CT molecular complexity index is 440. The lowest BCUT2D eigenvalue weighted by atomic mass is 10.0. The van der Waals surface area contributed by atoms with E-state index in [0.29, 0.717) is 18.1 Å². The van der Waals surface area contributed by atoms with Crippen LogP contribution in [0.2, 0.25) is 0 Å². The van der Waals surface area contributed by atoms with Gasteiger partial charge in [-0.3, -0.25) is 0 Å². The van der Waals surface area contributed by atoms with E-state index in [1.165, 1.54) is 0 Å². The van der Waals surface area contributed by atoms with Crippen molar-refractivity contribution >= 4 is 6.29 Å². The first kappa shape index (κ1) is 17.3. The van der Waals surface area contributed by atoms with Crippen molar-refractivity contribution in [2.75, 3.05) is 13.7 Å². The van der Waals surface area contributed by atoms with Crippen LogP contribution in [0, 0.1) is 5.92 Å². The van der Waals surface area contributed by atoms with Crippen molar-refractivity contribution < 1.29 is 14.3 Å². The number of rotatable bonds is 11. The molecule has 1 aromatic rings. The molecule has 0 bridgehead atoms. The Kier molecular flexibility index (Phi) is 8.25. The summed E-state index contributed by atoms with van der Waals surface area (Å²) < 4.78 is 11.1. The lowest BCUT2D eigenvalue weighted by Crippen LogP contribution is -2.14. The Morgan fingerprint density at radius 2 is 2.10 bits per heavy atom. The van der Waals surface area contributed by atoms with Crippen molar-refractivity contribution in [1.82, 2.24) is 0 Å². The molecule has 116 valence electrons. The van der Waals surface area contributed by atoms with Crippen LogP contribution in [-0.4, -0.2) is 20.0 Å². The highest BCUT2D eigenvalue weighted by Crippen LogP contribution is 2.29. The zero-order valence-corrected chi connectivity index (χ0v) is 13.1. The van der Waals surface area contributed by atoms with Crippen molar-refractivity contribution in [2.45, 2.75) is 39.0 Å². The van der Waals surface area contributed by atoms with Crippen LogP contribution in [0.15, 0.2) is 30.9 Å². The molecular weight excluding hydrogens is 264 g/mol. The molecule has 0 heterocycles. The number of hydrogen-bond acceptors (Lipinski definition) is 3. The second-order valence-corrected chi connectivity index (χ2v) is 5.18. The van der Waals surface area contributed by atoms with E-state index in [-0.39, 0.29) is 5.92 Å². The zero-order chi connectivity index (χ0) is 15.5. The largest absolute Gasteiger partial charge is 0.493 e. The molecule has 0 aliphatic rings. The summed E-state index contributed by atoms with van der Waals surface area (Å²) in [7, 11) is 1.62. The molecule has 0 radical (unpaired) electrons. The summed E-state index contributed by atoms with van der Waals surface area (Å²) in [6.45, 7) is 6.29. The van der Waals surface area contributed by atoms with Gasteiger partial charge in [0.05, 0.1) is 13.7 Å². The third-order valence-electron chi connectivity index (χ3n) is 3.43. The summed E-state index contributed by atoms with van der Waals surface area (Å²) in [6, 6.07) is 5.84. The Balaban J connectivity index is 2.60. The molecule has 0 saturated heterocycles. The van der Waals surface area contributed by atoms with Gasteiger partial charge < -0.3 is 14.3 Å². The highest BCUT2D eigenvalue weighted by Gasteiger charge is 2.11. The van der Waals surface area contributed by atoms with Crippen molar-refractivity contribution in [3.05, 3.63) is 36.4 Å². The van der Waals surface area contributed by atoms with Gasteiger partial charge in [0.1, 0.15) is 6.29 Å². The van der Waals surface area contributed by atoms with E-state index in [4.69, 9.17) is 9.47 Å². The molecule has 0 aromatic heterocycles. The van der Waals surface area contributed by atoms with Crippen molar-refractivity contribution in [2.24, 2.45) is 5.92 Å². The van der Waals surface area contributed by atoms with Gasteiger partial charge in [-0.2, -0.15) is 0 Å². The van der Waals surface area contributed by atoms with Crippen LogP contribution in [0.3, 0.4) is 0 Å². The standard InChI is InChI=1S/C18H26O3/c1-4-6-7-9-16(13-19)14-21-17-11-10-15(8-5-2)12-18(17)20-3/h5,10-13,16H,2,4,6-9,14H2,1,3H3. The van der Waals surface area contributed by atoms with Crippen LogP contribution in [0.5, 0.6) is 11.5 Å². The fourth-order valence-corrected chi connectivity index (χ4v) is 2.17. The zero-order valence-electron chi connectivity index (χ0n) is 13.1. The van der Waals surface area contributed by atoms with E-state index in [1.807, 2.05) is 24.3 Å². The minimum absolute atomic E-state index is 0.0471. The molecule has 0 aliphatic heterocycles. The number of ether oxygens (including phenoxy) is 2. The summed E-state index contributed by atoms with van der Waals surface area (Å²) in [5.74, 6) is 1.34. The molecule has 0 N–H and O–H groups in total. The molecule has 1 rings (SSSR count). The number of benzene rings is 1. The van der Waals surface area contributed by atoms with Gasteiger partial charge in [0.25, 0.3) is 0 Å². The number of carbonyl (C=O) groups excluding carboxylic acids is 1. The van der Waals surface area contributed by atoms with E-state index in [1.54, 1.807) is 7.11 Å². The molecule has 1 aromatic carbocycles. The summed E-state index contributed by atoms with van der Waals surface area (Å²) in [4.78, 5) is 11.1. The monoisotopic (exact) mass is 290 g/mol. The molecule has 0 fully saturated rings.